The van der Waals surface area contributed by atoms with Gasteiger partial charge in [-0.1, -0.05) is 38.1 Å². The molecule has 19 heavy (non-hydrogen) atoms. The summed E-state index contributed by atoms with van der Waals surface area (Å²) >= 11 is 0. The Morgan fingerprint density at radius 2 is 1.84 bits per heavy atom. The van der Waals surface area contributed by atoms with Crippen molar-refractivity contribution in [2.24, 2.45) is 0 Å². The van der Waals surface area contributed by atoms with Crippen LogP contribution in [0.15, 0.2) is 42.5 Å². The summed E-state index contributed by atoms with van der Waals surface area (Å²) < 4.78 is 0. The third-order valence-corrected chi connectivity index (χ3v) is 3.09. The van der Waals surface area contributed by atoms with Crippen LogP contribution < -0.4 is 5.73 Å². The fourth-order valence-corrected chi connectivity index (χ4v) is 2.02. The van der Waals surface area contributed by atoms with E-state index in [0.717, 1.165) is 11.1 Å². The number of hydrogen-bond donors (Lipinski definition) is 2. The molecule has 0 radical (unpaired) electrons. The number of rotatable bonds is 3. The van der Waals surface area contributed by atoms with Crippen LogP contribution in [0.25, 0.3) is 11.1 Å². The molecule has 98 valence electrons. The molecule has 0 amide bonds. The molecule has 3 N–H and O–H groups in total. The van der Waals surface area contributed by atoms with Crippen LogP contribution in [0.2, 0.25) is 0 Å². The normalized spacial score (nSPS) is 10.7. The summed E-state index contributed by atoms with van der Waals surface area (Å²) in [6.07, 6.45) is 0. The second-order valence-electron chi connectivity index (χ2n) is 4.93. The fourth-order valence-electron chi connectivity index (χ4n) is 2.02. The van der Waals surface area contributed by atoms with Crippen LogP contribution in [0.5, 0.6) is 0 Å². The molecule has 2 aromatic rings. The van der Waals surface area contributed by atoms with Crippen molar-refractivity contribution in [1.82, 2.24) is 0 Å². The molecule has 0 saturated carbocycles. The Kier molecular flexibility index (Phi) is 3.56. The van der Waals surface area contributed by atoms with Gasteiger partial charge in [0.05, 0.1) is 5.56 Å². The maximum Gasteiger partial charge on any atom is 0.335 e. The lowest BCUT2D eigenvalue weighted by atomic mass is 9.96. The number of carboxylic acids is 1. The molecule has 3 heteroatoms. The van der Waals surface area contributed by atoms with Crippen molar-refractivity contribution in [3.63, 3.8) is 0 Å². The predicted molar refractivity (Wildman–Crippen MR) is 77.3 cm³/mol. The van der Waals surface area contributed by atoms with E-state index in [-0.39, 0.29) is 5.56 Å². The highest BCUT2D eigenvalue weighted by Gasteiger charge is 2.08. The SMILES string of the molecule is CC(C)c1cccc(-c2cc(N)cc(C(=O)O)c2)c1. The molecule has 0 heterocycles. The molecule has 0 aliphatic heterocycles. The monoisotopic (exact) mass is 255 g/mol. The number of hydrogen-bond acceptors (Lipinski definition) is 2. The van der Waals surface area contributed by atoms with Gasteiger partial charge in [-0.25, -0.2) is 4.79 Å². The van der Waals surface area contributed by atoms with Crippen LogP contribution in [0, 0.1) is 0 Å². The zero-order chi connectivity index (χ0) is 14.0. The van der Waals surface area contributed by atoms with Crippen molar-refractivity contribution in [2.45, 2.75) is 19.8 Å². The molecule has 0 unspecified atom stereocenters. The smallest absolute Gasteiger partial charge is 0.335 e. The van der Waals surface area contributed by atoms with Crippen molar-refractivity contribution in [1.29, 1.82) is 0 Å². The van der Waals surface area contributed by atoms with Gasteiger partial charge in [0.1, 0.15) is 0 Å². The molecule has 3 nitrogen and oxygen atoms in total. The molecule has 2 aromatic carbocycles. The summed E-state index contributed by atoms with van der Waals surface area (Å²) in [6.45, 7) is 4.25. The highest BCUT2D eigenvalue weighted by atomic mass is 16.4. The van der Waals surface area contributed by atoms with Crippen molar-refractivity contribution in [3.8, 4) is 11.1 Å². The van der Waals surface area contributed by atoms with E-state index >= 15 is 0 Å². The lowest BCUT2D eigenvalue weighted by molar-refractivity contribution is 0.0697. The standard InChI is InChI=1S/C16H17NO2/c1-10(2)11-4-3-5-12(6-11)13-7-14(16(18)19)9-15(17)8-13/h3-10H,17H2,1-2H3,(H,18,19). The topological polar surface area (TPSA) is 63.3 Å². The zero-order valence-electron chi connectivity index (χ0n) is 11.1. The van der Waals surface area contributed by atoms with Gasteiger partial charge < -0.3 is 10.8 Å². The largest absolute Gasteiger partial charge is 0.478 e. The van der Waals surface area contributed by atoms with E-state index in [4.69, 9.17) is 10.8 Å². The number of anilines is 1. The van der Waals surface area contributed by atoms with E-state index < -0.39 is 5.97 Å². The second kappa shape index (κ2) is 5.14. The average molecular weight is 255 g/mol. The Balaban J connectivity index is 2.52. The minimum Gasteiger partial charge on any atom is -0.478 e. The Bertz CT molecular complexity index is 618. The number of carbonyl (C=O) groups is 1. The van der Waals surface area contributed by atoms with Crippen molar-refractivity contribution >= 4 is 11.7 Å². The number of nitrogens with two attached hydrogens (primary N) is 1. The van der Waals surface area contributed by atoms with E-state index in [1.807, 2.05) is 12.1 Å². The summed E-state index contributed by atoms with van der Waals surface area (Å²) in [5.74, 6) is -0.534. The Morgan fingerprint density at radius 1 is 1.11 bits per heavy atom. The Labute approximate surface area is 112 Å². The first-order chi connectivity index (χ1) is 8.97. The van der Waals surface area contributed by atoms with E-state index in [0.29, 0.717) is 11.6 Å². The average Bonchev–Trinajstić information content (AvgIpc) is 2.38. The molecule has 0 fully saturated rings. The second-order valence-corrected chi connectivity index (χ2v) is 4.93. The van der Waals surface area contributed by atoms with Crippen molar-refractivity contribution < 1.29 is 9.90 Å². The first kappa shape index (κ1) is 13.1. The summed E-state index contributed by atoms with van der Waals surface area (Å²) in [5.41, 5.74) is 9.48. The third kappa shape index (κ3) is 2.94. The van der Waals surface area contributed by atoms with Crippen molar-refractivity contribution in [2.75, 3.05) is 5.73 Å². The summed E-state index contributed by atoms with van der Waals surface area (Å²) in [4.78, 5) is 11.1. The van der Waals surface area contributed by atoms with E-state index in [1.165, 1.54) is 11.6 Å². The first-order valence-corrected chi connectivity index (χ1v) is 6.21. The van der Waals surface area contributed by atoms with Crippen molar-refractivity contribution in [3.05, 3.63) is 53.6 Å². The molecular formula is C16H17NO2. The molecule has 0 aliphatic carbocycles. The lowest BCUT2D eigenvalue weighted by Gasteiger charge is -2.09. The first-order valence-electron chi connectivity index (χ1n) is 6.21. The van der Waals surface area contributed by atoms with Crippen LogP contribution in [-0.2, 0) is 0 Å². The summed E-state index contributed by atoms with van der Waals surface area (Å²) in [7, 11) is 0. The summed E-state index contributed by atoms with van der Waals surface area (Å²) in [5, 5.41) is 9.07. The number of aromatic carboxylic acids is 1. The van der Waals surface area contributed by atoms with Gasteiger partial charge in [-0.2, -0.15) is 0 Å². The lowest BCUT2D eigenvalue weighted by Crippen LogP contribution is -1.99. The van der Waals surface area contributed by atoms with Gasteiger partial charge >= 0.3 is 5.97 Å². The maximum absolute atomic E-state index is 11.1. The number of carboxylic acid groups (broad SMARTS) is 1. The van der Waals surface area contributed by atoms with Crippen LogP contribution in [-0.4, -0.2) is 11.1 Å². The molecule has 0 bridgehead atoms. The van der Waals surface area contributed by atoms with E-state index in [2.05, 4.69) is 26.0 Å². The maximum atomic E-state index is 11.1. The third-order valence-electron chi connectivity index (χ3n) is 3.09. The Morgan fingerprint density at radius 3 is 2.47 bits per heavy atom. The highest BCUT2D eigenvalue weighted by molar-refractivity contribution is 5.91. The van der Waals surface area contributed by atoms with E-state index in [9.17, 15) is 4.79 Å². The van der Waals surface area contributed by atoms with Gasteiger partial charge in [0, 0.05) is 5.69 Å². The highest BCUT2D eigenvalue weighted by Crippen LogP contribution is 2.26. The van der Waals surface area contributed by atoms with E-state index in [1.54, 1.807) is 12.1 Å². The van der Waals surface area contributed by atoms with Gasteiger partial charge in [0.2, 0.25) is 0 Å². The minimum absolute atomic E-state index is 0.213. The minimum atomic E-state index is -0.964. The van der Waals surface area contributed by atoms with Crippen LogP contribution in [0.3, 0.4) is 0 Å². The van der Waals surface area contributed by atoms with Gasteiger partial charge in [-0.15, -0.1) is 0 Å². The van der Waals surface area contributed by atoms with Crippen LogP contribution >= 0.6 is 0 Å². The molecule has 0 aliphatic rings. The molecule has 0 saturated heterocycles. The van der Waals surface area contributed by atoms with Crippen LogP contribution in [0.4, 0.5) is 5.69 Å². The fraction of sp³-hybridized carbons (Fsp3) is 0.188. The number of benzene rings is 2. The molecular weight excluding hydrogens is 238 g/mol. The molecule has 0 atom stereocenters. The Hall–Kier alpha value is -2.29. The molecule has 0 aromatic heterocycles. The summed E-state index contributed by atoms with van der Waals surface area (Å²) in [6, 6.07) is 13.0. The number of nitrogen functional groups attached to an aromatic ring is 1. The van der Waals surface area contributed by atoms with Gasteiger partial charge in [-0.05, 0) is 40.8 Å². The molecule has 2 rings (SSSR count). The van der Waals surface area contributed by atoms with Gasteiger partial charge in [0.15, 0.2) is 0 Å². The van der Waals surface area contributed by atoms with Gasteiger partial charge in [-0.3, -0.25) is 0 Å². The van der Waals surface area contributed by atoms with Gasteiger partial charge in [0.25, 0.3) is 0 Å². The molecule has 0 spiro atoms. The predicted octanol–water partition coefficient (Wildman–Crippen LogP) is 3.76. The zero-order valence-corrected chi connectivity index (χ0v) is 11.1. The van der Waals surface area contributed by atoms with Crippen LogP contribution in [0.1, 0.15) is 35.7 Å². The quantitative estimate of drug-likeness (QED) is 0.821.